The molecule has 1 atom stereocenters. The SMILES string of the molecule is CC(=O)Oc1ccccc1OCCC1CCCCN1C. The number of hydrogen-bond donors (Lipinski definition) is 0. The summed E-state index contributed by atoms with van der Waals surface area (Å²) in [4.78, 5) is 13.5. The Kier molecular flexibility index (Phi) is 5.41. The Balaban J connectivity index is 1.85. The van der Waals surface area contributed by atoms with Gasteiger partial charge in [0.05, 0.1) is 6.61 Å². The average molecular weight is 277 g/mol. The second-order valence-corrected chi connectivity index (χ2v) is 5.31. The van der Waals surface area contributed by atoms with Gasteiger partial charge in [0.2, 0.25) is 0 Å². The molecule has 0 radical (unpaired) electrons. The van der Waals surface area contributed by atoms with Crippen LogP contribution < -0.4 is 9.47 Å². The topological polar surface area (TPSA) is 38.8 Å². The molecule has 1 saturated heterocycles. The van der Waals surface area contributed by atoms with Gasteiger partial charge < -0.3 is 14.4 Å². The van der Waals surface area contributed by atoms with Gasteiger partial charge in [-0.15, -0.1) is 0 Å². The lowest BCUT2D eigenvalue weighted by molar-refractivity contribution is -0.132. The van der Waals surface area contributed by atoms with Crippen molar-refractivity contribution in [3.8, 4) is 11.5 Å². The van der Waals surface area contributed by atoms with Crippen molar-refractivity contribution in [3.63, 3.8) is 0 Å². The van der Waals surface area contributed by atoms with Crippen molar-refractivity contribution < 1.29 is 14.3 Å². The molecule has 0 aromatic heterocycles. The summed E-state index contributed by atoms with van der Waals surface area (Å²) in [6.45, 7) is 3.22. The van der Waals surface area contributed by atoms with Gasteiger partial charge in [0, 0.05) is 13.0 Å². The number of piperidine rings is 1. The van der Waals surface area contributed by atoms with Crippen LogP contribution in [0.4, 0.5) is 0 Å². The molecule has 1 aliphatic heterocycles. The Bertz CT molecular complexity index is 447. The third-order valence-electron chi connectivity index (χ3n) is 3.73. The molecule has 0 amide bonds. The summed E-state index contributed by atoms with van der Waals surface area (Å²) in [7, 11) is 2.18. The molecule has 0 spiro atoms. The first kappa shape index (κ1) is 14.9. The van der Waals surface area contributed by atoms with Crippen molar-refractivity contribution in [1.82, 2.24) is 4.90 Å². The maximum Gasteiger partial charge on any atom is 0.308 e. The molecule has 4 heteroatoms. The average Bonchev–Trinajstić information content (AvgIpc) is 2.42. The number of rotatable bonds is 5. The van der Waals surface area contributed by atoms with E-state index in [4.69, 9.17) is 9.47 Å². The van der Waals surface area contributed by atoms with Crippen LogP contribution >= 0.6 is 0 Å². The summed E-state index contributed by atoms with van der Waals surface area (Å²) < 4.78 is 10.9. The predicted molar refractivity (Wildman–Crippen MR) is 78.1 cm³/mol. The zero-order valence-corrected chi connectivity index (χ0v) is 12.3. The normalized spacial score (nSPS) is 19.6. The first-order chi connectivity index (χ1) is 9.66. The zero-order chi connectivity index (χ0) is 14.4. The van der Waals surface area contributed by atoms with Crippen LogP contribution in [0.1, 0.15) is 32.6 Å². The number of carbonyl (C=O) groups is 1. The molecule has 110 valence electrons. The van der Waals surface area contributed by atoms with Crippen molar-refractivity contribution in [2.75, 3.05) is 20.2 Å². The van der Waals surface area contributed by atoms with Crippen molar-refractivity contribution in [3.05, 3.63) is 24.3 Å². The molecule has 0 saturated carbocycles. The number of carbonyl (C=O) groups excluding carboxylic acids is 1. The van der Waals surface area contributed by atoms with Crippen molar-refractivity contribution in [2.24, 2.45) is 0 Å². The zero-order valence-electron chi connectivity index (χ0n) is 12.3. The predicted octanol–water partition coefficient (Wildman–Crippen LogP) is 2.87. The van der Waals surface area contributed by atoms with E-state index in [-0.39, 0.29) is 5.97 Å². The molecular weight excluding hydrogens is 254 g/mol. The standard InChI is InChI=1S/C16H23NO3/c1-13(18)20-16-9-4-3-8-15(16)19-12-10-14-7-5-6-11-17(14)2/h3-4,8-9,14H,5-7,10-12H2,1-2H3. The van der Waals surface area contributed by atoms with Gasteiger partial charge in [-0.25, -0.2) is 0 Å². The number of likely N-dealkylation sites (tertiary alicyclic amines) is 1. The molecule has 1 heterocycles. The molecule has 20 heavy (non-hydrogen) atoms. The van der Waals surface area contributed by atoms with E-state index in [1.54, 1.807) is 6.07 Å². The van der Waals surface area contributed by atoms with E-state index in [0.29, 0.717) is 24.1 Å². The fourth-order valence-corrected chi connectivity index (χ4v) is 2.62. The minimum absolute atomic E-state index is 0.326. The van der Waals surface area contributed by atoms with E-state index in [1.807, 2.05) is 18.2 Å². The van der Waals surface area contributed by atoms with Gasteiger partial charge in [0.25, 0.3) is 0 Å². The van der Waals surface area contributed by atoms with Gasteiger partial charge in [-0.2, -0.15) is 0 Å². The summed E-state index contributed by atoms with van der Waals surface area (Å²) in [6, 6.07) is 7.91. The largest absolute Gasteiger partial charge is 0.490 e. The van der Waals surface area contributed by atoms with Crippen LogP contribution in [-0.2, 0) is 4.79 Å². The van der Waals surface area contributed by atoms with E-state index in [2.05, 4.69) is 11.9 Å². The van der Waals surface area contributed by atoms with Crippen molar-refractivity contribution in [2.45, 2.75) is 38.6 Å². The summed E-state index contributed by atoms with van der Waals surface area (Å²) in [5.41, 5.74) is 0. The monoisotopic (exact) mass is 277 g/mol. The van der Waals surface area contributed by atoms with Crippen LogP contribution in [0.2, 0.25) is 0 Å². The second-order valence-electron chi connectivity index (χ2n) is 5.31. The Morgan fingerprint density at radius 3 is 2.75 bits per heavy atom. The van der Waals surface area contributed by atoms with Gasteiger partial charge in [-0.1, -0.05) is 18.6 Å². The fraction of sp³-hybridized carbons (Fsp3) is 0.562. The summed E-state index contributed by atoms with van der Waals surface area (Å²) in [5, 5.41) is 0. The molecule has 1 aliphatic rings. The fourth-order valence-electron chi connectivity index (χ4n) is 2.62. The molecule has 0 aliphatic carbocycles. The van der Waals surface area contributed by atoms with Gasteiger partial charge in [-0.05, 0) is 45.0 Å². The lowest BCUT2D eigenvalue weighted by atomic mass is 10.0. The lowest BCUT2D eigenvalue weighted by Gasteiger charge is -2.32. The number of nitrogens with zero attached hydrogens (tertiary/aromatic N) is 1. The number of para-hydroxylation sites is 2. The molecule has 1 unspecified atom stereocenters. The van der Waals surface area contributed by atoms with Crippen molar-refractivity contribution >= 4 is 5.97 Å². The first-order valence-electron chi connectivity index (χ1n) is 7.27. The first-order valence-corrected chi connectivity index (χ1v) is 7.27. The Labute approximate surface area is 120 Å². The molecule has 4 nitrogen and oxygen atoms in total. The van der Waals surface area contributed by atoms with Crippen LogP contribution in [-0.4, -0.2) is 37.1 Å². The number of hydrogen-bond acceptors (Lipinski definition) is 4. The van der Waals surface area contributed by atoms with Gasteiger partial charge in [0.1, 0.15) is 0 Å². The highest BCUT2D eigenvalue weighted by Gasteiger charge is 2.18. The molecule has 1 aromatic carbocycles. The quantitative estimate of drug-likeness (QED) is 0.613. The van der Waals surface area contributed by atoms with E-state index in [1.165, 1.54) is 32.7 Å². The van der Waals surface area contributed by atoms with Gasteiger partial charge in [0.15, 0.2) is 11.5 Å². The highest BCUT2D eigenvalue weighted by Crippen LogP contribution is 2.27. The van der Waals surface area contributed by atoms with Crippen LogP contribution in [0, 0.1) is 0 Å². The third-order valence-corrected chi connectivity index (χ3v) is 3.73. The molecule has 0 N–H and O–H groups in total. The maximum absolute atomic E-state index is 11.0. The van der Waals surface area contributed by atoms with E-state index >= 15 is 0 Å². The van der Waals surface area contributed by atoms with E-state index in [9.17, 15) is 4.79 Å². The molecule has 1 fully saturated rings. The summed E-state index contributed by atoms with van der Waals surface area (Å²) in [6.07, 6.45) is 4.85. The Hall–Kier alpha value is -1.55. The number of esters is 1. The van der Waals surface area contributed by atoms with Gasteiger partial charge >= 0.3 is 5.97 Å². The second kappa shape index (κ2) is 7.29. The Morgan fingerprint density at radius 1 is 1.30 bits per heavy atom. The van der Waals surface area contributed by atoms with Crippen molar-refractivity contribution in [1.29, 1.82) is 0 Å². The minimum atomic E-state index is -0.326. The van der Waals surface area contributed by atoms with E-state index < -0.39 is 0 Å². The van der Waals surface area contributed by atoms with Crippen LogP contribution in [0.3, 0.4) is 0 Å². The number of ether oxygens (including phenoxy) is 2. The maximum atomic E-state index is 11.0. The molecule has 1 aromatic rings. The molecular formula is C16H23NO3. The van der Waals surface area contributed by atoms with Crippen LogP contribution in [0.5, 0.6) is 11.5 Å². The van der Waals surface area contributed by atoms with Crippen LogP contribution in [0.15, 0.2) is 24.3 Å². The van der Waals surface area contributed by atoms with Crippen LogP contribution in [0.25, 0.3) is 0 Å². The smallest absolute Gasteiger partial charge is 0.308 e. The number of benzene rings is 1. The minimum Gasteiger partial charge on any atom is -0.490 e. The summed E-state index contributed by atoms with van der Waals surface area (Å²) in [5.74, 6) is 0.811. The Morgan fingerprint density at radius 2 is 2.05 bits per heavy atom. The highest BCUT2D eigenvalue weighted by molar-refractivity contribution is 5.70. The molecule has 0 bridgehead atoms. The highest BCUT2D eigenvalue weighted by atomic mass is 16.6. The lowest BCUT2D eigenvalue weighted by Crippen LogP contribution is -2.37. The van der Waals surface area contributed by atoms with Gasteiger partial charge in [-0.3, -0.25) is 4.79 Å². The van der Waals surface area contributed by atoms with E-state index in [0.717, 1.165) is 6.42 Å². The third kappa shape index (κ3) is 4.23. The summed E-state index contributed by atoms with van der Waals surface area (Å²) >= 11 is 0. The molecule has 2 rings (SSSR count).